The molecule has 1 heteroatoms. The molecular weight excluding hydrogens is 404 g/mol. The molecule has 2 aliphatic rings. The van der Waals surface area contributed by atoms with Crippen LogP contribution in [0, 0.1) is 5.92 Å². The minimum atomic E-state index is 0. The molecule has 2 aliphatic carbocycles. The van der Waals surface area contributed by atoms with E-state index in [0.717, 1.165) is 5.92 Å². The molecule has 0 atom stereocenters. The topological polar surface area (TPSA) is 0 Å². The molecule has 0 N–H and O–H groups in total. The van der Waals surface area contributed by atoms with E-state index in [-0.39, 0.29) is 26.2 Å². The molecule has 0 unspecified atom stereocenters. The van der Waals surface area contributed by atoms with Gasteiger partial charge in [0, 0.05) is 26.2 Å². The fourth-order valence-corrected chi connectivity index (χ4v) is 4.54. The molecule has 1 fully saturated rings. The van der Waals surface area contributed by atoms with E-state index in [1.54, 1.807) is 0 Å². The van der Waals surface area contributed by atoms with Crippen molar-refractivity contribution in [3.05, 3.63) is 82.8 Å². The molecule has 0 spiro atoms. The monoisotopic (exact) mass is 426 g/mol. The van der Waals surface area contributed by atoms with Gasteiger partial charge in [0.05, 0.1) is 0 Å². The van der Waals surface area contributed by atoms with Crippen molar-refractivity contribution in [1.82, 2.24) is 0 Å². The van der Waals surface area contributed by atoms with Gasteiger partial charge < -0.3 is 0 Å². The largest absolute Gasteiger partial charge is 0.0741 e. The van der Waals surface area contributed by atoms with Gasteiger partial charge in [-0.25, -0.2) is 0 Å². The molecule has 0 heterocycles. The zero-order valence-corrected chi connectivity index (χ0v) is 18.1. The number of hydrogen-bond acceptors (Lipinski definition) is 0. The second-order valence-corrected chi connectivity index (χ2v) is 7.72. The summed E-state index contributed by atoms with van der Waals surface area (Å²) < 4.78 is 0. The predicted octanol–water partition coefficient (Wildman–Crippen LogP) is 5.59. The van der Waals surface area contributed by atoms with Crippen molar-refractivity contribution < 1.29 is 26.2 Å². The Bertz CT molecular complexity index is 1110. The van der Waals surface area contributed by atoms with Crippen molar-refractivity contribution in [2.45, 2.75) is 32.1 Å². The van der Waals surface area contributed by atoms with Crippen molar-refractivity contribution in [2.24, 2.45) is 5.92 Å². The van der Waals surface area contributed by atoms with Gasteiger partial charge in [0.25, 0.3) is 0 Å². The third kappa shape index (κ3) is 3.81. The SMILES string of the molecule is C(=C1C=c2cccc(-c3ccc4ccccc4c3)c2=C1)C1CCCCC1.[Zr]. The van der Waals surface area contributed by atoms with Crippen LogP contribution in [0.25, 0.3) is 34.1 Å². The predicted molar refractivity (Wildman–Crippen MR) is 112 cm³/mol. The Morgan fingerprint density at radius 2 is 1.56 bits per heavy atom. The second kappa shape index (κ2) is 8.11. The maximum atomic E-state index is 2.52. The number of benzene rings is 3. The zero-order chi connectivity index (χ0) is 17.3. The Morgan fingerprint density at radius 1 is 0.741 bits per heavy atom. The van der Waals surface area contributed by atoms with Crippen LogP contribution in [0.3, 0.4) is 0 Å². The Hall–Kier alpha value is -1.72. The molecule has 0 saturated heterocycles. The van der Waals surface area contributed by atoms with E-state index in [1.165, 1.54) is 70.0 Å². The van der Waals surface area contributed by atoms with Gasteiger partial charge >= 0.3 is 0 Å². The first-order valence-electron chi connectivity index (χ1n) is 9.90. The Balaban J connectivity index is 0.00000180. The molecule has 3 aromatic rings. The summed E-state index contributed by atoms with van der Waals surface area (Å²) in [6.07, 6.45) is 14.2. The molecule has 132 valence electrons. The third-order valence-electron chi connectivity index (χ3n) is 5.91. The molecule has 27 heavy (non-hydrogen) atoms. The normalized spacial score (nSPS) is 17.9. The molecule has 0 aliphatic heterocycles. The third-order valence-corrected chi connectivity index (χ3v) is 5.91. The summed E-state index contributed by atoms with van der Waals surface area (Å²) in [5.41, 5.74) is 4.06. The standard InChI is InChI=1S/C26H24.Zr/c1-2-7-19(8-3-1)15-20-16-23-11-6-12-25(26(23)17-20)24-14-13-21-9-4-5-10-22(21)18-24;/h4-6,9-19H,1-3,7-8H2;. The van der Waals surface area contributed by atoms with Crippen LogP contribution in [0.1, 0.15) is 32.1 Å². The van der Waals surface area contributed by atoms with Crippen LogP contribution in [0.15, 0.2) is 72.3 Å². The quantitative estimate of drug-likeness (QED) is 0.500. The summed E-state index contributed by atoms with van der Waals surface area (Å²) in [4.78, 5) is 0. The van der Waals surface area contributed by atoms with Crippen molar-refractivity contribution in [3.63, 3.8) is 0 Å². The van der Waals surface area contributed by atoms with Gasteiger partial charge in [-0.1, -0.05) is 79.9 Å². The van der Waals surface area contributed by atoms with E-state index in [0.29, 0.717) is 0 Å². The van der Waals surface area contributed by atoms with Crippen LogP contribution in [-0.2, 0) is 26.2 Å². The summed E-state index contributed by atoms with van der Waals surface area (Å²) in [7, 11) is 0. The summed E-state index contributed by atoms with van der Waals surface area (Å²) in [6, 6.07) is 22.1. The van der Waals surface area contributed by atoms with Gasteiger partial charge in [-0.05, 0) is 74.9 Å². The summed E-state index contributed by atoms with van der Waals surface area (Å²) in [5.74, 6) is 0.768. The molecule has 3 aromatic carbocycles. The van der Waals surface area contributed by atoms with E-state index in [4.69, 9.17) is 0 Å². The zero-order valence-electron chi connectivity index (χ0n) is 15.6. The molecule has 0 nitrogen and oxygen atoms in total. The molecule has 0 radical (unpaired) electrons. The average molecular weight is 428 g/mol. The van der Waals surface area contributed by atoms with E-state index in [2.05, 4.69) is 78.9 Å². The van der Waals surface area contributed by atoms with Crippen molar-refractivity contribution in [1.29, 1.82) is 0 Å². The summed E-state index contributed by atoms with van der Waals surface area (Å²) >= 11 is 0. The van der Waals surface area contributed by atoms with Gasteiger partial charge in [-0.15, -0.1) is 0 Å². The van der Waals surface area contributed by atoms with E-state index >= 15 is 0 Å². The minimum Gasteiger partial charge on any atom is -0.0741 e. The first kappa shape index (κ1) is 18.6. The Kier molecular flexibility index (Phi) is 5.60. The average Bonchev–Trinajstić information content (AvgIpc) is 3.11. The van der Waals surface area contributed by atoms with Gasteiger partial charge in [-0.2, -0.15) is 0 Å². The summed E-state index contributed by atoms with van der Waals surface area (Å²) in [5, 5.41) is 5.35. The smallest absolute Gasteiger partial charge is 0 e. The second-order valence-electron chi connectivity index (χ2n) is 7.72. The van der Waals surface area contributed by atoms with Gasteiger partial charge in [0.1, 0.15) is 0 Å². The van der Waals surface area contributed by atoms with Crippen molar-refractivity contribution in [3.8, 4) is 11.1 Å². The van der Waals surface area contributed by atoms with Gasteiger partial charge in [0.15, 0.2) is 0 Å². The molecule has 0 aromatic heterocycles. The van der Waals surface area contributed by atoms with Crippen LogP contribution in [-0.4, -0.2) is 0 Å². The van der Waals surface area contributed by atoms with Gasteiger partial charge in [0.2, 0.25) is 0 Å². The maximum absolute atomic E-state index is 2.52. The van der Waals surface area contributed by atoms with Crippen LogP contribution in [0.4, 0.5) is 0 Å². The number of rotatable bonds is 2. The molecular formula is C26H24Zr. The number of allylic oxidation sites excluding steroid dienone is 2. The first-order valence-corrected chi connectivity index (χ1v) is 9.90. The molecule has 0 amide bonds. The van der Waals surface area contributed by atoms with E-state index in [1.807, 2.05) is 0 Å². The van der Waals surface area contributed by atoms with Crippen LogP contribution in [0.5, 0.6) is 0 Å². The first-order chi connectivity index (χ1) is 12.9. The van der Waals surface area contributed by atoms with Crippen molar-refractivity contribution >= 4 is 22.9 Å². The fraction of sp³-hybridized carbons (Fsp3) is 0.231. The van der Waals surface area contributed by atoms with Gasteiger partial charge in [-0.3, -0.25) is 0 Å². The fourth-order valence-electron chi connectivity index (χ4n) is 4.54. The Labute approximate surface area is 180 Å². The molecule has 5 rings (SSSR count). The molecule has 0 bridgehead atoms. The number of hydrogen-bond donors (Lipinski definition) is 0. The molecule has 1 saturated carbocycles. The van der Waals surface area contributed by atoms with E-state index in [9.17, 15) is 0 Å². The van der Waals surface area contributed by atoms with Crippen LogP contribution < -0.4 is 10.4 Å². The number of fused-ring (bicyclic) bond motifs is 2. The van der Waals surface area contributed by atoms with E-state index < -0.39 is 0 Å². The minimum absolute atomic E-state index is 0. The Morgan fingerprint density at radius 3 is 2.41 bits per heavy atom. The summed E-state index contributed by atoms with van der Waals surface area (Å²) in [6.45, 7) is 0. The van der Waals surface area contributed by atoms with Crippen molar-refractivity contribution in [2.75, 3.05) is 0 Å². The van der Waals surface area contributed by atoms with Crippen LogP contribution >= 0.6 is 0 Å². The maximum Gasteiger partial charge on any atom is 0 e. The van der Waals surface area contributed by atoms with Crippen LogP contribution in [0.2, 0.25) is 0 Å².